The highest BCUT2D eigenvalue weighted by molar-refractivity contribution is 5.76. The smallest absolute Gasteiger partial charge is 0.258 e. The van der Waals surface area contributed by atoms with E-state index in [4.69, 9.17) is 0 Å². The Morgan fingerprint density at radius 2 is 1.81 bits per heavy atom. The van der Waals surface area contributed by atoms with Gasteiger partial charge in [0.2, 0.25) is 0 Å². The molecule has 16 heavy (non-hydrogen) atoms. The molecule has 0 saturated heterocycles. The van der Waals surface area contributed by atoms with Crippen molar-refractivity contribution in [1.29, 1.82) is 0 Å². The van der Waals surface area contributed by atoms with Crippen LogP contribution in [0.25, 0.3) is 10.9 Å². The van der Waals surface area contributed by atoms with Crippen molar-refractivity contribution in [2.24, 2.45) is 0 Å². The molecule has 0 amide bonds. The van der Waals surface area contributed by atoms with E-state index in [-0.39, 0.29) is 11.4 Å². The zero-order valence-electron chi connectivity index (χ0n) is 10.0. The standard InChI is InChI=1S/C8H5FN2O.2C2H6/c9-5-1-2-6-7(3-5)10-4-11-8(6)12;2*1-2/h1-4H,(H,10,11,12);2*1-2H3. The second-order valence-electron chi connectivity index (χ2n) is 2.39. The fraction of sp³-hybridized carbons (Fsp3) is 0.333. The van der Waals surface area contributed by atoms with E-state index >= 15 is 0 Å². The van der Waals surface area contributed by atoms with Crippen LogP contribution >= 0.6 is 0 Å². The molecule has 2 rings (SSSR count). The SMILES string of the molecule is CC.CC.O=c1[nH]cnc2cc(F)ccc12. The third-order valence-corrected chi connectivity index (χ3v) is 1.60. The van der Waals surface area contributed by atoms with Gasteiger partial charge in [-0.2, -0.15) is 0 Å². The van der Waals surface area contributed by atoms with Crippen LogP contribution in [0.4, 0.5) is 4.39 Å². The monoisotopic (exact) mass is 224 g/mol. The Hall–Kier alpha value is -1.71. The summed E-state index contributed by atoms with van der Waals surface area (Å²) in [6.07, 6.45) is 1.25. The van der Waals surface area contributed by atoms with Crippen molar-refractivity contribution in [3.63, 3.8) is 0 Å². The van der Waals surface area contributed by atoms with E-state index in [1.165, 1.54) is 24.5 Å². The van der Waals surface area contributed by atoms with Crippen molar-refractivity contribution in [2.45, 2.75) is 27.7 Å². The Morgan fingerprint density at radius 1 is 1.19 bits per heavy atom. The van der Waals surface area contributed by atoms with Gasteiger partial charge in [0.15, 0.2) is 0 Å². The van der Waals surface area contributed by atoms with Crippen LogP contribution < -0.4 is 5.56 Å². The first-order valence-electron chi connectivity index (χ1n) is 5.40. The maximum atomic E-state index is 12.6. The minimum absolute atomic E-state index is 0.250. The lowest BCUT2D eigenvalue weighted by Gasteiger charge is -1.93. The molecular formula is C12H17FN2O. The number of nitrogens with one attached hydrogen (secondary N) is 1. The Kier molecular flexibility index (Phi) is 6.76. The summed E-state index contributed by atoms with van der Waals surface area (Å²) >= 11 is 0. The molecule has 2 aromatic rings. The minimum Gasteiger partial charge on any atom is -0.313 e. The van der Waals surface area contributed by atoms with Crippen molar-refractivity contribution < 1.29 is 4.39 Å². The van der Waals surface area contributed by atoms with Crippen molar-refractivity contribution in [3.8, 4) is 0 Å². The van der Waals surface area contributed by atoms with Gasteiger partial charge in [0.05, 0.1) is 17.2 Å². The molecule has 0 radical (unpaired) electrons. The second kappa shape index (κ2) is 7.56. The fourth-order valence-corrected chi connectivity index (χ4v) is 1.04. The molecule has 0 aliphatic carbocycles. The lowest BCUT2D eigenvalue weighted by atomic mass is 10.2. The predicted molar refractivity (Wildman–Crippen MR) is 65.0 cm³/mol. The zero-order chi connectivity index (χ0) is 12.6. The van der Waals surface area contributed by atoms with E-state index < -0.39 is 0 Å². The van der Waals surface area contributed by atoms with Gasteiger partial charge >= 0.3 is 0 Å². The molecule has 1 aromatic carbocycles. The molecule has 4 heteroatoms. The van der Waals surface area contributed by atoms with Gasteiger partial charge in [-0.1, -0.05) is 27.7 Å². The number of halogens is 1. The summed E-state index contributed by atoms with van der Waals surface area (Å²) in [6, 6.07) is 3.88. The van der Waals surface area contributed by atoms with E-state index in [2.05, 4.69) is 9.97 Å². The van der Waals surface area contributed by atoms with Crippen molar-refractivity contribution in [1.82, 2.24) is 9.97 Å². The quantitative estimate of drug-likeness (QED) is 0.747. The van der Waals surface area contributed by atoms with Gasteiger partial charge in [-0.05, 0) is 12.1 Å². The molecule has 0 atom stereocenters. The highest BCUT2D eigenvalue weighted by Gasteiger charge is 1.98. The average molecular weight is 224 g/mol. The third kappa shape index (κ3) is 3.46. The number of benzene rings is 1. The molecule has 0 spiro atoms. The molecule has 0 bridgehead atoms. The van der Waals surface area contributed by atoms with Crippen LogP contribution in [0.2, 0.25) is 0 Å². The minimum atomic E-state index is -0.388. The molecule has 1 aromatic heterocycles. The summed E-state index contributed by atoms with van der Waals surface area (Å²) in [5.74, 6) is -0.388. The van der Waals surface area contributed by atoms with Crippen LogP contribution in [0.5, 0.6) is 0 Å². The van der Waals surface area contributed by atoms with Gasteiger partial charge in [-0.25, -0.2) is 9.37 Å². The largest absolute Gasteiger partial charge is 0.313 e. The maximum Gasteiger partial charge on any atom is 0.258 e. The molecule has 0 unspecified atom stereocenters. The summed E-state index contributed by atoms with van der Waals surface area (Å²) in [4.78, 5) is 17.3. The predicted octanol–water partition coefficient (Wildman–Crippen LogP) is 3.11. The Morgan fingerprint density at radius 3 is 2.44 bits per heavy atom. The zero-order valence-corrected chi connectivity index (χ0v) is 10.0. The number of rotatable bonds is 0. The second-order valence-corrected chi connectivity index (χ2v) is 2.39. The van der Waals surface area contributed by atoms with Crippen LogP contribution in [0, 0.1) is 5.82 Å². The number of aromatic nitrogens is 2. The topological polar surface area (TPSA) is 45.8 Å². The van der Waals surface area contributed by atoms with Crippen LogP contribution in [-0.4, -0.2) is 9.97 Å². The lowest BCUT2D eigenvalue weighted by molar-refractivity contribution is 0.629. The fourth-order valence-electron chi connectivity index (χ4n) is 1.04. The molecule has 1 heterocycles. The average Bonchev–Trinajstić information content (AvgIpc) is 2.34. The number of hydrogen-bond donors (Lipinski definition) is 1. The summed E-state index contributed by atoms with van der Waals surface area (Å²) in [5.41, 5.74) is 0.124. The van der Waals surface area contributed by atoms with E-state index in [0.29, 0.717) is 10.9 Å². The van der Waals surface area contributed by atoms with Crippen LogP contribution in [0.1, 0.15) is 27.7 Å². The van der Waals surface area contributed by atoms with Crippen molar-refractivity contribution >= 4 is 10.9 Å². The van der Waals surface area contributed by atoms with Gasteiger partial charge in [-0.15, -0.1) is 0 Å². The molecular weight excluding hydrogens is 207 g/mol. The lowest BCUT2D eigenvalue weighted by Crippen LogP contribution is -2.05. The molecule has 3 nitrogen and oxygen atoms in total. The number of aromatic amines is 1. The molecule has 0 aliphatic heterocycles. The maximum absolute atomic E-state index is 12.6. The summed E-state index contributed by atoms with van der Waals surface area (Å²) < 4.78 is 12.6. The molecule has 0 aliphatic rings. The Labute approximate surface area is 94.4 Å². The van der Waals surface area contributed by atoms with Gasteiger partial charge in [0.1, 0.15) is 5.82 Å². The van der Waals surface area contributed by atoms with Crippen LogP contribution in [0.3, 0.4) is 0 Å². The van der Waals surface area contributed by atoms with E-state index in [1.807, 2.05) is 27.7 Å². The van der Waals surface area contributed by atoms with Crippen LogP contribution in [0.15, 0.2) is 29.3 Å². The number of hydrogen-bond acceptors (Lipinski definition) is 2. The van der Waals surface area contributed by atoms with Gasteiger partial charge in [-0.3, -0.25) is 4.79 Å². The first-order chi connectivity index (χ1) is 7.77. The molecule has 88 valence electrons. The Bertz CT molecular complexity index is 480. The first kappa shape index (κ1) is 14.3. The van der Waals surface area contributed by atoms with E-state index in [9.17, 15) is 9.18 Å². The number of fused-ring (bicyclic) bond motifs is 1. The highest BCUT2D eigenvalue weighted by atomic mass is 19.1. The Balaban J connectivity index is 0.000000509. The number of nitrogens with zero attached hydrogens (tertiary/aromatic N) is 1. The van der Waals surface area contributed by atoms with E-state index in [1.54, 1.807) is 0 Å². The van der Waals surface area contributed by atoms with Gasteiger partial charge < -0.3 is 4.98 Å². The molecule has 0 fully saturated rings. The van der Waals surface area contributed by atoms with Crippen molar-refractivity contribution in [2.75, 3.05) is 0 Å². The molecule has 0 saturated carbocycles. The molecule has 1 N–H and O–H groups in total. The summed E-state index contributed by atoms with van der Waals surface area (Å²) in [7, 11) is 0. The summed E-state index contributed by atoms with van der Waals surface area (Å²) in [6.45, 7) is 8.00. The van der Waals surface area contributed by atoms with Gasteiger partial charge in [0.25, 0.3) is 5.56 Å². The highest BCUT2D eigenvalue weighted by Crippen LogP contribution is 2.06. The normalized spacial score (nSPS) is 8.56. The number of H-pyrrole nitrogens is 1. The summed E-state index contributed by atoms with van der Waals surface area (Å²) in [5, 5.41) is 0.402. The third-order valence-electron chi connectivity index (χ3n) is 1.60. The van der Waals surface area contributed by atoms with Crippen molar-refractivity contribution in [3.05, 3.63) is 40.7 Å². The first-order valence-corrected chi connectivity index (χ1v) is 5.40. The van der Waals surface area contributed by atoms with E-state index in [0.717, 1.165) is 0 Å². The van der Waals surface area contributed by atoms with Crippen LogP contribution in [-0.2, 0) is 0 Å². The van der Waals surface area contributed by atoms with Gasteiger partial charge in [0, 0.05) is 6.07 Å².